The topological polar surface area (TPSA) is 84.3 Å². The number of rotatable bonds is 10. The molecule has 166 valence electrons. The summed E-state index contributed by atoms with van der Waals surface area (Å²) >= 11 is 0. The van der Waals surface area contributed by atoms with Crippen molar-refractivity contribution in [1.82, 2.24) is 13.9 Å². The SMILES string of the molecule is CCCn1c(CCC(=O)Nc2ccccc2)nc2cc(S(=O)(=O)N(CC)CC)ccc21. The number of hydrogen-bond donors (Lipinski definition) is 1. The van der Waals surface area contributed by atoms with E-state index in [1.54, 1.807) is 12.1 Å². The molecule has 1 N–H and O–H groups in total. The average Bonchev–Trinajstić information content (AvgIpc) is 3.11. The Labute approximate surface area is 184 Å². The number of nitrogens with zero attached hydrogens (tertiary/aromatic N) is 3. The minimum absolute atomic E-state index is 0.0777. The molecule has 2 aromatic carbocycles. The van der Waals surface area contributed by atoms with Gasteiger partial charge >= 0.3 is 0 Å². The fourth-order valence-corrected chi connectivity index (χ4v) is 5.15. The first kappa shape index (κ1) is 23.0. The monoisotopic (exact) mass is 442 g/mol. The number of carbonyl (C=O) groups excluding carboxylic acids is 1. The van der Waals surface area contributed by atoms with Gasteiger partial charge in [0.1, 0.15) is 5.82 Å². The zero-order valence-corrected chi connectivity index (χ0v) is 19.2. The standard InChI is InChI=1S/C23H30N4O3S/c1-4-16-27-21-13-12-19(31(29,30)26(5-2)6-3)17-20(21)25-22(27)14-15-23(28)24-18-10-8-7-9-11-18/h7-13,17H,4-6,14-16H2,1-3H3,(H,24,28). The number of sulfonamides is 1. The summed E-state index contributed by atoms with van der Waals surface area (Å²) < 4.78 is 29.3. The van der Waals surface area contributed by atoms with Gasteiger partial charge in [-0.05, 0) is 36.8 Å². The number of anilines is 1. The van der Waals surface area contributed by atoms with Crippen molar-refractivity contribution in [3.63, 3.8) is 0 Å². The normalized spacial score (nSPS) is 11.9. The first-order valence-electron chi connectivity index (χ1n) is 10.7. The molecular formula is C23H30N4O3S. The Morgan fingerprint density at radius 1 is 1.06 bits per heavy atom. The van der Waals surface area contributed by atoms with Gasteiger partial charge in [0.15, 0.2) is 0 Å². The molecule has 0 spiro atoms. The van der Waals surface area contributed by atoms with E-state index in [9.17, 15) is 13.2 Å². The van der Waals surface area contributed by atoms with E-state index in [1.165, 1.54) is 4.31 Å². The molecule has 0 aliphatic carbocycles. The molecule has 0 bridgehead atoms. The van der Waals surface area contributed by atoms with Crippen LogP contribution in [0.25, 0.3) is 11.0 Å². The van der Waals surface area contributed by atoms with Crippen LogP contribution in [-0.2, 0) is 27.8 Å². The molecule has 0 atom stereocenters. The lowest BCUT2D eigenvalue weighted by Gasteiger charge is -2.18. The Bertz CT molecular complexity index is 1140. The van der Waals surface area contributed by atoms with Gasteiger partial charge in [-0.1, -0.05) is 39.0 Å². The largest absolute Gasteiger partial charge is 0.328 e. The lowest BCUT2D eigenvalue weighted by Crippen LogP contribution is -2.30. The second-order valence-electron chi connectivity index (χ2n) is 7.33. The van der Waals surface area contributed by atoms with Crippen molar-refractivity contribution in [3.05, 3.63) is 54.4 Å². The van der Waals surface area contributed by atoms with E-state index in [2.05, 4.69) is 16.8 Å². The van der Waals surface area contributed by atoms with Crippen molar-refractivity contribution in [2.45, 2.75) is 51.5 Å². The third-order valence-corrected chi connectivity index (χ3v) is 7.27. The van der Waals surface area contributed by atoms with Crippen molar-refractivity contribution in [1.29, 1.82) is 0 Å². The molecular weight excluding hydrogens is 412 g/mol. The van der Waals surface area contributed by atoms with E-state index in [0.717, 1.165) is 30.0 Å². The quantitative estimate of drug-likeness (QED) is 0.513. The smallest absolute Gasteiger partial charge is 0.243 e. The van der Waals surface area contributed by atoms with Gasteiger partial charge in [0.05, 0.1) is 15.9 Å². The van der Waals surface area contributed by atoms with Gasteiger partial charge in [0, 0.05) is 38.2 Å². The Hall–Kier alpha value is -2.71. The van der Waals surface area contributed by atoms with Gasteiger partial charge in [-0.2, -0.15) is 4.31 Å². The van der Waals surface area contributed by atoms with E-state index in [1.807, 2.05) is 50.2 Å². The van der Waals surface area contributed by atoms with Crippen LogP contribution in [0, 0.1) is 0 Å². The van der Waals surface area contributed by atoms with E-state index >= 15 is 0 Å². The molecule has 1 heterocycles. The number of carbonyl (C=O) groups is 1. The highest BCUT2D eigenvalue weighted by molar-refractivity contribution is 7.89. The molecule has 0 aliphatic heterocycles. The van der Waals surface area contributed by atoms with Crippen LogP contribution in [0.15, 0.2) is 53.4 Å². The average molecular weight is 443 g/mol. The zero-order valence-electron chi connectivity index (χ0n) is 18.3. The molecule has 0 saturated carbocycles. The summed E-state index contributed by atoms with van der Waals surface area (Å²) in [4.78, 5) is 17.3. The Kier molecular flexibility index (Phi) is 7.46. The number of aromatic nitrogens is 2. The van der Waals surface area contributed by atoms with Crippen molar-refractivity contribution in [2.24, 2.45) is 0 Å². The highest BCUT2D eigenvalue weighted by Gasteiger charge is 2.23. The second-order valence-corrected chi connectivity index (χ2v) is 9.27. The summed E-state index contributed by atoms with van der Waals surface area (Å²) in [5, 5.41) is 2.89. The van der Waals surface area contributed by atoms with Crippen molar-refractivity contribution in [3.8, 4) is 0 Å². The number of aryl methyl sites for hydroxylation is 2. The summed E-state index contributed by atoms with van der Waals surface area (Å²) in [6.07, 6.45) is 1.69. The number of imidazole rings is 1. The highest BCUT2D eigenvalue weighted by Crippen LogP contribution is 2.24. The first-order valence-corrected chi connectivity index (χ1v) is 12.2. The number of para-hydroxylation sites is 1. The fraction of sp³-hybridized carbons (Fsp3) is 0.391. The maximum absolute atomic E-state index is 12.9. The molecule has 31 heavy (non-hydrogen) atoms. The van der Waals surface area contributed by atoms with Gasteiger partial charge in [-0.25, -0.2) is 13.4 Å². The van der Waals surface area contributed by atoms with Crippen molar-refractivity contribution in [2.75, 3.05) is 18.4 Å². The molecule has 1 amide bonds. The van der Waals surface area contributed by atoms with Crippen LogP contribution >= 0.6 is 0 Å². The maximum atomic E-state index is 12.9. The Balaban J connectivity index is 1.85. The van der Waals surface area contributed by atoms with Crippen molar-refractivity contribution >= 4 is 32.7 Å². The Morgan fingerprint density at radius 2 is 1.77 bits per heavy atom. The third kappa shape index (κ3) is 5.14. The predicted octanol–water partition coefficient (Wildman–Crippen LogP) is 4.05. The van der Waals surface area contributed by atoms with Crippen LogP contribution in [0.5, 0.6) is 0 Å². The number of nitrogens with one attached hydrogen (secondary N) is 1. The van der Waals surface area contributed by atoms with Crippen LogP contribution in [0.2, 0.25) is 0 Å². The lowest BCUT2D eigenvalue weighted by atomic mass is 10.2. The van der Waals surface area contributed by atoms with Gasteiger partial charge in [-0.3, -0.25) is 4.79 Å². The van der Waals surface area contributed by atoms with Crippen molar-refractivity contribution < 1.29 is 13.2 Å². The zero-order chi connectivity index (χ0) is 22.4. The van der Waals surface area contributed by atoms with E-state index in [-0.39, 0.29) is 10.8 Å². The Morgan fingerprint density at radius 3 is 2.42 bits per heavy atom. The maximum Gasteiger partial charge on any atom is 0.243 e. The number of benzene rings is 2. The predicted molar refractivity (Wildman–Crippen MR) is 124 cm³/mol. The summed E-state index contributed by atoms with van der Waals surface area (Å²) in [6.45, 7) is 7.33. The van der Waals surface area contributed by atoms with E-state index in [4.69, 9.17) is 4.98 Å². The third-order valence-electron chi connectivity index (χ3n) is 5.22. The molecule has 3 aromatic rings. The number of amides is 1. The highest BCUT2D eigenvalue weighted by atomic mass is 32.2. The summed E-state index contributed by atoms with van der Waals surface area (Å²) in [5.74, 6) is 0.712. The molecule has 3 rings (SSSR count). The van der Waals surface area contributed by atoms with Crippen LogP contribution in [0.4, 0.5) is 5.69 Å². The van der Waals surface area contributed by atoms with Gasteiger partial charge in [0.25, 0.3) is 0 Å². The minimum Gasteiger partial charge on any atom is -0.328 e. The summed E-state index contributed by atoms with van der Waals surface area (Å²) in [6, 6.07) is 14.5. The molecule has 8 heteroatoms. The molecule has 7 nitrogen and oxygen atoms in total. The van der Waals surface area contributed by atoms with Crippen LogP contribution in [-0.4, -0.2) is 41.3 Å². The van der Waals surface area contributed by atoms with Crippen LogP contribution in [0.3, 0.4) is 0 Å². The van der Waals surface area contributed by atoms with E-state index < -0.39 is 10.0 Å². The van der Waals surface area contributed by atoms with Gasteiger partial charge in [-0.15, -0.1) is 0 Å². The molecule has 0 unspecified atom stereocenters. The summed E-state index contributed by atoms with van der Waals surface area (Å²) in [5.41, 5.74) is 2.29. The van der Waals surface area contributed by atoms with Crippen LogP contribution in [0.1, 0.15) is 39.4 Å². The van der Waals surface area contributed by atoms with E-state index in [0.29, 0.717) is 31.4 Å². The summed E-state index contributed by atoms with van der Waals surface area (Å²) in [7, 11) is -3.55. The van der Waals surface area contributed by atoms with Gasteiger partial charge < -0.3 is 9.88 Å². The molecule has 0 fully saturated rings. The fourth-order valence-electron chi connectivity index (χ4n) is 3.67. The first-order chi connectivity index (χ1) is 14.9. The molecule has 0 aliphatic rings. The second kappa shape index (κ2) is 10.1. The molecule has 0 saturated heterocycles. The minimum atomic E-state index is -3.55. The molecule has 0 radical (unpaired) electrons. The number of hydrogen-bond acceptors (Lipinski definition) is 4. The van der Waals surface area contributed by atoms with Gasteiger partial charge in [0.2, 0.25) is 15.9 Å². The number of fused-ring (bicyclic) bond motifs is 1. The van der Waals surface area contributed by atoms with Crippen LogP contribution < -0.4 is 5.32 Å². The molecule has 1 aromatic heterocycles. The lowest BCUT2D eigenvalue weighted by molar-refractivity contribution is -0.116.